The summed E-state index contributed by atoms with van der Waals surface area (Å²) >= 11 is 1.47. The van der Waals surface area contributed by atoms with Crippen LogP contribution in [0.25, 0.3) is 21.3 Å². The van der Waals surface area contributed by atoms with Crippen molar-refractivity contribution in [2.75, 3.05) is 60.9 Å². The summed E-state index contributed by atoms with van der Waals surface area (Å²) in [7, 11) is 1.79. The number of para-hydroxylation sites is 1. The lowest BCUT2D eigenvalue weighted by Gasteiger charge is -2.56. The minimum absolute atomic E-state index is 0.187. The fourth-order valence-electron chi connectivity index (χ4n) is 9.37. The first kappa shape index (κ1) is 39.2. The van der Waals surface area contributed by atoms with Gasteiger partial charge in [0.25, 0.3) is 5.91 Å². The van der Waals surface area contributed by atoms with Crippen molar-refractivity contribution >= 4 is 60.9 Å². The van der Waals surface area contributed by atoms with Gasteiger partial charge in [-0.2, -0.15) is 13.2 Å². The number of amides is 2. The number of aliphatic hydroxyl groups is 1. The minimum Gasteiger partial charge on any atom is -0.386 e. The molecule has 9 rings (SSSR count). The van der Waals surface area contributed by atoms with Crippen LogP contribution < -0.4 is 26.1 Å². The van der Waals surface area contributed by atoms with Crippen LogP contribution >= 0.6 is 11.3 Å². The van der Waals surface area contributed by atoms with E-state index in [0.717, 1.165) is 97.3 Å². The average Bonchev–Trinajstić information content (AvgIpc) is 3.68. The lowest BCUT2D eigenvalue weighted by molar-refractivity contribution is -0.141. The monoisotopic (exact) mass is 829 g/mol. The van der Waals surface area contributed by atoms with Gasteiger partial charge < -0.3 is 30.4 Å². The highest BCUT2D eigenvalue weighted by Gasteiger charge is 2.46. The number of carbonyl (C=O) groups is 2. The third kappa shape index (κ3) is 7.16. The second kappa shape index (κ2) is 14.2. The molecular weight excluding hydrogens is 784 g/mol. The number of hydrogen-bond acceptors (Lipinski definition) is 10. The Labute approximate surface area is 342 Å². The molecule has 4 fully saturated rings. The third-order valence-corrected chi connectivity index (χ3v) is 13.5. The van der Waals surface area contributed by atoms with Crippen LogP contribution in [0.4, 0.5) is 29.7 Å². The van der Waals surface area contributed by atoms with Crippen LogP contribution in [0.2, 0.25) is 0 Å². The van der Waals surface area contributed by atoms with Crippen LogP contribution in [0.15, 0.2) is 65.6 Å². The Hall–Kier alpha value is -5.26. The lowest BCUT2D eigenvalue weighted by atomic mass is 9.71. The van der Waals surface area contributed by atoms with Gasteiger partial charge in [0.2, 0.25) is 5.91 Å². The molecule has 17 heteroatoms. The third-order valence-electron chi connectivity index (χ3n) is 12.4. The topological polar surface area (TPSA) is 141 Å². The molecule has 4 aliphatic rings. The number of nitrogens with zero attached hydrogens (tertiary/aromatic N) is 7. The van der Waals surface area contributed by atoms with Crippen molar-refractivity contribution in [2.45, 2.75) is 57.3 Å². The molecule has 7 heterocycles. The Balaban J connectivity index is 0.808. The summed E-state index contributed by atoms with van der Waals surface area (Å²) in [4.78, 5) is 55.0. The number of aromatic nitrogens is 4. The summed E-state index contributed by atoms with van der Waals surface area (Å²) in [5, 5.41) is 17.3. The number of thiazole rings is 1. The van der Waals surface area contributed by atoms with Gasteiger partial charge in [-0.1, -0.05) is 30.0 Å². The van der Waals surface area contributed by atoms with Gasteiger partial charge >= 0.3 is 11.9 Å². The van der Waals surface area contributed by atoms with Crippen LogP contribution in [0, 0.1) is 11.3 Å². The van der Waals surface area contributed by atoms with E-state index in [9.17, 15) is 32.7 Å². The molecular formula is C42H46F3N9O4S. The SMILES string of the molecule is C=C1CCC(n2c(=O)n(C)c3c(N4CCC5(CC4)CN(CC4CN(c6nc7cc(C(C)(C)O)c(NC(=O)c8cccc(C(F)(F)F)n8)cc7s6)C4)C5)cccc32)C(=O)N1. The number of aryl methyl sites for hydroxylation is 1. The zero-order chi connectivity index (χ0) is 41.6. The van der Waals surface area contributed by atoms with Crippen molar-refractivity contribution in [1.82, 2.24) is 29.3 Å². The first-order chi connectivity index (χ1) is 28.0. The standard InChI is InChI=1S/C42H46F3N9O4S/c1-24-11-12-32(37(56)46-24)54-31-9-6-8-30(35(31)50(4)39(54)57)52-15-13-41(14-16-52)22-51(23-41)19-25-20-53(21-25)38-49-29-17-26(40(2,3)58)28(18-33(29)59-38)48-36(55)27-7-5-10-34(47-27)42(43,44)45/h5-10,17-18,25,32,58H,1,11-16,19-23H2,2-4H3,(H,46,56)(H,48,55). The number of hydrogen-bond donors (Lipinski definition) is 3. The number of likely N-dealkylation sites (tertiary alicyclic amines) is 1. The molecule has 4 saturated heterocycles. The van der Waals surface area contributed by atoms with E-state index in [4.69, 9.17) is 4.98 Å². The molecule has 310 valence electrons. The summed E-state index contributed by atoms with van der Waals surface area (Å²) in [6, 6.07) is 12.0. The number of anilines is 3. The molecule has 0 bridgehead atoms. The molecule has 2 amide bonds. The zero-order valence-corrected chi connectivity index (χ0v) is 33.9. The summed E-state index contributed by atoms with van der Waals surface area (Å²) < 4.78 is 43.9. The maximum Gasteiger partial charge on any atom is 0.433 e. The molecule has 13 nitrogen and oxygen atoms in total. The lowest BCUT2D eigenvalue weighted by Crippen LogP contribution is -2.63. The fourth-order valence-corrected chi connectivity index (χ4v) is 10.4. The Morgan fingerprint density at radius 3 is 2.47 bits per heavy atom. The van der Waals surface area contributed by atoms with Gasteiger partial charge in [0.05, 0.1) is 32.5 Å². The number of allylic oxidation sites excluding steroid dienone is 1. The van der Waals surface area contributed by atoms with Gasteiger partial charge in [-0.25, -0.2) is 14.8 Å². The van der Waals surface area contributed by atoms with E-state index in [-0.39, 0.29) is 28.4 Å². The van der Waals surface area contributed by atoms with E-state index >= 15 is 0 Å². The highest BCUT2D eigenvalue weighted by Crippen LogP contribution is 2.44. The zero-order valence-electron chi connectivity index (χ0n) is 33.1. The van der Waals surface area contributed by atoms with Gasteiger partial charge in [-0.15, -0.1) is 0 Å². The number of alkyl halides is 3. The quantitative estimate of drug-likeness (QED) is 0.176. The molecule has 0 saturated carbocycles. The number of pyridine rings is 1. The van der Waals surface area contributed by atoms with Crippen LogP contribution in [0.5, 0.6) is 0 Å². The summed E-state index contributed by atoms with van der Waals surface area (Å²) in [5.74, 6) is -0.512. The molecule has 3 N–H and O–H groups in total. The molecule has 3 aromatic heterocycles. The Morgan fingerprint density at radius 2 is 1.78 bits per heavy atom. The first-order valence-corrected chi connectivity index (χ1v) is 20.7. The maximum absolute atomic E-state index is 13.5. The summed E-state index contributed by atoms with van der Waals surface area (Å²) in [6.07, 6.45) is -1.37. The predicted molar refractivity (Wildman–Crippen MR) is 221 cm³/mol. The number of fused-ring (bicyclic) bond motifs is 2. The first-order valence-electron chi connectivity index (χ1n) is 19.9. The molecule has 2 aromatic carbocycles. The van der Waals surface area contributed by atoms with Crippen LogP contribution in [0.1, 0.15) is 67.3 Å². The van der Waals surface area contributed by atoms with Gasteiger partial charge in [-0.05, 0) is 81.3 Å². The highest BCUT2D eigenvalue weighted by atomic mass is 32.1. The van der Waals surface area contributed by atoms with Crippen molar-refractivity contribution in [1.29, 1.82) is 0 Å². The number of piperidine rings is 2. The number of rotatable bonds is 8. The molecule has 0 radical (unpaired) electrons. The van der Waals surface area contributed by atoms with E-state index in [1.807, 2.05) is 12.1 Å². The van der Waals surface area contributed by atoms with E-state index in [0.29, 0.717) is 35.5 Å². The highest BCUT2D eigenvalue weighted by molar-refractivity contribution is 7.22. The number of nitrogens with one attached hydrogen (secondary N) is 2. The average molecular weight is 830 g/mol. The van der Waals surface area contributed by atoms with Crippen LogP contribution in [-0.4, -0.2) is 86.7 Å². The number of benzene rings is 2. The van der Waals surface area contributed by atoms with Crippen molar-refractivity contribution in [3.63, 3.8) is 0 Å². The van der Waals surface area contributed by atoms with Crippen molar-refractivity contribution in [2.24, 2.45) is 18.4 Å². The molecule has 1 unspecified atom stereocenters. The van der Waals surface area contributed by atoms with Crippen molar-refractivity contribution in [3.8, 4) is 0 Å². The van der Waals surface area contributed by atoms with Crippen molar-refractivity contribution < 1.29 is 27.9 Å². The molecule has 4 aliphatic heterocycles. The molecule has 5 aromatic rings. The molecule has 59 heavy (non-hydrogen) atoms. The second-order valence-electron chi connectivity index (χ2n) is 17.2. The van der Waals surface area contributed by atoms with Gasteiger partial charge in [-0.3, -0.25) is 18.7 Å². The largest absolute Gasteiger partial charge is 0.433 e. The number of imidazole rings is 1. The normalized spacial score (nSPS) is 20.3. The minimum atomic E-state index is -4.69. The van der Waals surface area contributed by atoms with Crippen molar-refractivity contribution in [3.05, 3.63) is 88.2 Å². The smallest absolute Gasteiger partial charge is 0.386 e. The number of halogens is 3. The number of carbonyl (C=O) groups excluding carboxylic acids is 2. The van der Waals surface area contributed by atoms with E-state index in [1.54, 1.807) is 42.2 Å². The maximum atomic E-state index is 13.5. The van der Waals surface area contributed by atoms with Gasteiger partial charge in [0.1, 0.15) is 17.4 Å². The Bertz CT molecular complexity index is 2570. The molecule has 0 aliphatic carbocycles. The van der Waals surface area contributed by atoms with Gasteiger partial charge in [0.15, 0.2) is 5.13 Å². The fraction of sp³-hybridized carbons (Fsp3) is 0.452. The Morgan fingerprint density at radius 1 is 1.05 bits per heavy atom. The Kier molecular flexibility index (Phi) is 9.43. The van der Waals surface area contributed by atoms with Gasteiger partial charge in [0, 0.05) is 75.7 Å². The molecule has 1 spiro atoms. The summed E-state index contributed by atoms with van der Waals surface area (Å²) in [6.45, 7) is 13.7. The van der Waals surface area contributed by atoms with E-state index < -0.39 is 29.4 Å². The summed E-state index contributed by atoms with van der Waals surface area (Å²) in [5.41, 5.74) is 1.86. The van der Waals surface area contributed by atoms with Crippen LogP contribution in [-0.2, 0) is 23.6 Å². The van der Waals surface area contributed by atoms with Crippen LogP contribution in [0.3, 0.4) is 0 Å². The molecule has 1 atom stereocenters. The second-order valence-corrected chi connectivity index (χ2v) is 18.2. The van der Waals surface area contributed by atoms with E-state index in [1.165, 1.54) is 17.4 Å². The predicted octanol–water partition coefficient (Wildman–Crippen LogP) is 5.85. The van der Waals surface area contributed by atoms with E-state index in [2.05, 4.69) is 43.0 Å².